The normalized spacial score (nSPS) is 13.3. The van der Waals surface area contributed by atoms with Crippen LogP contribution in [0.3, 0.4) is 0 Å². The molecule has 0 saturated carbocycles. The Morgan fingerprint density at radius 1 is 0.587 bits per heavy atom. The Morgan fingerprint density at radius 2 is 1.29 bits per heavy atom. The number of aromatic hydroxyl groups is 1. The molecule has 0 amide bonds. The van der Waals surface area contributed by atoms with Gasteiger partial charge in [0.2, 0.25) is 0 Å². The van der Waals surface area contributed by atoms with Gasteiger partial charge in [-0.25, -0.2) is 4.98 Å². The Bertz CT molecular complexity index is 3070. The van der Waals surface area contributed by atoms with Crippen LogP contribution < -0.4 is 0 Å². The number of phenols is 1. The van der Waals surface area contributed by atoms with Crippen molar-refractivity contribution in [3.8, 4) is 67.5 Å². The molecular formula is C59H63N3O. The molecule has 2 heterocycles. The van der Waals surface area contributed by atoms with E-state index in [-0.39, 0.29) is 22.0 Å². The third-order valence-electron chi connectivity index (χ3n) is 12.2. The average Bonchev–Trinajstić information content (AvgIpc) is 3.65. The summed E-state index contributed by atoms with van der Waals surface area (Å²) < 4.78 is 25.8. The summed E-state index contributed by atoms with van der Waals surface area (Å²) >= 11 is 0. The molecule has 63 heavy (non-hydrogen) atoms. The molecule has 0 radical (unpaired) electrons. The van der Waals surface area contributed by atoms with Gasteiger partial charge in [-0.1, -0.05) is 167 Å². The minimum atomic E-state index is -2.17. The van der Waals surface area contributed by atoms with Crippen molar-refractivity contribution >= 4 is 11.0 Å². The number of hydrogen-bond donors (Lipinski definition) is 1. The van der Waals surface area contributed by atoms with Gasteiger partial charge in [-0.15, -0.1) is 0 Å². The number of rotatable bonds is 8. The first-order chi connectivity index (χ1) is 31.0. The monoisotopic (exact) mass is 833 g/mol. The SMILES string of the molecule is [2H]C([2H])([2H])c1ccc(-c2ccnc(-c3cc(-c4cccc5c4nc(-c4cc(C(C)(C)C)cc(C(C)(C)C)c4O)n5-c4ccc(-c5ccccc5)c(CC(C)C)c4)cc(C(C)(C)C)c3)c2)cc1. The van der Waals surface area contributed by atoms with E-state index in [9.17, 15) is 5.11 Å². The molecule has 1 N–H and O–H groups in total. The average molecular weight is 833 g/mol. The van der Waals surface area contributed by atoms with Crippen LogP contribution in [-0.2, 0) is 22.7 Å². The third-order valence-corrected chi connectivity index (χ3v) is 12.2. The maximum Gasteiger partial charge on any atom is 0.149 e. The predicted octanol–water partition coefficient (Wildman–Crippen LogP) is 15.9. The van der Waals surface area contributed by atoms with E-state index in [0.29, 0.717) is 22.9 Å². The summed E-state index contributed by atoms with van der Waals surface area (Å²) in [6, 6.07) is 46.0. The van der Waals surface area contributed by atoms with Crippen LogP contribution in [0.15, 0.2) is 140 Å². The molecule has 0 saturated heterocycles. The minimum Gasteiger partial charge on any atom is -0.507 e. The van der Waals surface area contributed by atoms with E-state index in [0.717, 1.165) is 73.3 Å². The van der Waals surface area contributed by atoms with Crippen molar-refractivity contribution in [2.45, 2.75) is 106 Å². The fourth-order valence-electron chi connectivity index (χ4n) is 8.61. The molecule has 0 spiro atoms. The van der Waals surface area contributed by atoms with Crippen LogP contribution in [0.2, 0.25) is 0 Å². The van der Waals surface area contributed by atoms with Crippen molar-refractivity contribution in [1.82, 2.24) is 14.5 Å². The Kier molecular flexibility index (Phi) is 10.3. The highest BCUT2D eigenvalue weighted by Crippen LogP contribution is 2.45. The molecule has 0 bridgehead atoms. The second kappa shape index (κ2) is 16.5. The van der Waals surface area contributed by atoms with Gasteiger partial charge >= 0.3 is 0 Å². The van der Waals surface area contributed by atoms with E-state index in [4.69, 9.17) is 14.1 Å². The van der Waals surface area contributed by atoms with E-state index < -0.39 is 6.85 Å². The number of fused-ring (bicyclic) bond motifs is 1. The van der Waals surface area contributed by atoms with Crippen LogP contribution in [-0.4, -0.2) is 19.6 Å². The molecule has 0 aliphatic rings. The number of hydrogen-bond acceptors (Lipinski definition) is 3. The van der Waals surface area contributed by atoms with Gasteiger partial charge in [0.15, 0.2) is 0 Å². The molecule has 0 fully saturated rings. The van der Waals surface area contributed by atoms with Crippen LogP contribution in [0, 0.1) is 12.8 Å². The Balaban J connectivity index is 1.39. The van der Waals surface area contributed by atoms with Gasteiger partial charge in [0, 0.05) is 32.7 Å². The largest absolute Gasteiger partial charge is 0.507 e. The van der Waals surface area contributed by atoms with Crippen LogP contribution in [0.25, 0.3) is 72.7 Å². The van der Waals surface area contributed by atoms with E-state index in [1.54, 1.807) is 12.1 Å². The molecule has 2 aromatic heterocycles. The number of nitrogens with zero attached hydrogens (tertiary/aromatic N) is 3. The number of aromatic nitrogens is 3. The Labute approximate surface area is 380 Å². The first kappa shape index (κ1) is 39.6. The summed E-state index contributed by atoms with van der Waals surface area (Å²) in [5, 5.41) is 12.5. The summed E-state index contributed by atoms with van der Waals surface area (Å²) in [5.41, 5.74) is 15.5. The third kappa shape index (κ3) is 8.87. The molecule has 8 rings (SSSR count). The highest BCUT2D eigenvalue weighted by atomic mass is 16.3. The van der Waals surface area contributed by atoms with Crippen LogP contribution in [0.4, 0.5) is 0 Å². The van der Waals surface area contributed by atoms with Crippen molar-refractivity contribution in [2.24, 2.45) is 5.92 Å². The maximum atomic E-state index is 12.5. The highest BCUT2D eigenvalue weighted by Gasteiger charge is 2.29. The Morgan fingerprint density at radius 3 is 1.95 bits per heavy atom. The Hall–Kier alpha value is -6.26. The van der Waals surface area contributed by atoms with Crippen LogP contribution >= 0.6 is 0 Å². The number of aryl methyl sites for hydroxylation is 1. The van der Waals surface area contributed by atoms with Gasteiger partial charge in [0.1, 0.15) is 11.6 Å². The summed E-state index contributed by atoms with van der Waals surface area (Å²) in [6.45, 7) is 22.2. The maximum absolute atomic E-state index is 12.5. The lowest BCUT2D eigenvalue weighted by atomic mass is 9.79. The number of para-hydroxylation sites is 1. The van der Waals surface area contributed by atoms with Crippen LogP contribution in [0.5, 0.6) is 5.75 Å². The first-order valence-electron chi connectivity index (χ1n) is 23.8. The second-order valence-corrected chi connectivity index (χ2v) is 20.7. The molecule has 0 aliphatic heterocycles. The van der Waals surface area contributed by atoms with Crippen LogP contribution in [0.1, 0.15) is 108 Å². The second-order valence-electron chi connectivity index (χ2n) is 20.7. The first-order valence-corrected chi connectivity index (χ1v) is 22.3. The number of pyridine rings is 1. The summed E-state index contributed by atoms with van der Waals surface area (Å²) in [5.74, 6) is 1.35. The van der Waals surface area contributed by atoms with Gasteiger partial charge < -0.3 is 5.11 Å². The van der Waals surface area contributed by atoms with Crippen molar-refractivity contribution in [2.75, 3.05) is 0 Å². The standard InChI is InChI=1S/C59H63N3O/c1-37(2)29-42-33-47(25-26-48(42)40-17-14-13-15-18-40)62-53-20-16-19-49(54(53)61-56(62)50-35-46(58(7,8)9)36-51(55(50)63)59(10,11)12)43-30-44(32-45(31-43)57(4,5)6)52-34-41(27-28-60-52)39-23-21-38(3)22-24-39/h13-28,30-37,63H,29H2,1-12H3/i3D3. The van der Waals surface area contributed by atoms with Crippen molar-refractivity contribution in [3.05, 3.63) is 167 Å². The molecule has 8 aromatic rings. The molecular weight excluding hydrogens is 767 g/mol. The van der Waals surface area contributed by atoms with Crippen molar-refractivity contribution < 1.29 is 9.22 Å². The molecule has 4 nitrogen and oxygen atoms in total. The topological polar surface area (TPSA) is 50.9 Å². The molecule has 4 heteroatoms. The molecule has 6 aromatic carbocycles. The van der Waals surface area contributed by atoms with E-state index in [2.05, 4.69) is 184 Å². The lowest BCUT2D eigenvalue weighted by Crippen LogP contribution is -2.17. The number of phenolic OH excluding ortho intramolecular Hbond substituents is 1. The van der Waals surface area contributed by atoms with Crippen molar-refractivity contribution in [1.29, 1.82) is 0 Å². The molecule has 0 atom stereocenters. The fraction of sp³-hybridized carbons (Fsp3) is 0.288. The number of benzene rings is 6. The minimum absolute atomic E-state index is 0.192. The lowest BCUT2D eigenvalue weighted by molar-refractivity contribution is 0.446. The zero-order valence-electron chi connectivity index (χ0n) is 41.9. The van der Waals surface area contributed by atoms with E-state index >= 15 is 0 Å². The molecule has 0 unspecified atom stereocenters. The molecule has 0 aliphatic carbocycles. The number of imidazole rings is 1. The van der Waals surface area contributed by atoms with Gasteiger partial charge in [-0.05, 0) is 128 Å². The summed E-state index contributed by atoms with van der Waals surface area (Å²) in [7, 11) is 0. The smallest absolute Gasteiger partial charge is 0.149 e. The summed E-state index contributed by atoms with van der Waals surface area (Å²) in [6.07, 6.45) is 2.72. The lowest BCUT2D eigenvalue weighted by Gasteiger charge is -2.27. The highest BCUT2D eigenvalue weighted by molar-refractivity contribution is 5.97. The fourth-order valence-corrected chi connectivity index (χ4v) is 8.61. The van der Waals surface area contributed by atoms with Gasteiger partial charge in [-0.3, -0.25) is 9.55 Å². The summed E-state index contributed by atoms with van der Waals surface area (Å²) in [4.78, 5) is 10.5. The van der Waals surface area contributed by atoms with E-state index in [1.807, 2.05) is 24.4 Å². The van der Waals surface area contributed by atoms with Crippen molar-refractivity contribution in [3.63, 3.8) is 0 Å². The van der Waals surface area contributed by atoms with E-state index in [1.165, 1.54) is 16.7 Å². The zero-order chi connectivity index (χ0) is 47.5. The van der Waals surface area contributed by atoms with Gasteiger partial charge in [0.05, 0.1) is 22.3 Å². The van der Waals surface area contributed by atoms with Gasteiger partial charge in [0.25, 0.3) is 0 Å². The quantitative estimate of drug-likeness (QED) is 0.166. The predicted molar refractivity (Wildman–Crippen MR) is 267 cm³/mol. The van der Waals surface area contributed by atoms with Gasteiger partial charge in [-0.2, -0.15) is 0 Å². The zero-order valence-corrected chi connectivity index (χ0v) is 38.9. The molecule has 320 valence electrons.